The lowest BCUT2D eigenvalue weighted by molar-refractivity contribution is -0.137. The van der Waals surface area contributed by atoms with Crippen molar-refractivity contribution in [2.24, 2.45) is 11.8 Å². The van der Waals surface area contributed by atoms with Crippen LogP contribution in [0.2, 0.25) is 0 Å². The van der Waals surface area contributed by atoms with Crippen molar-refractivity contribution in [3.05, 3.63) is 71.8 Å². The molecule has 1 fully saturated rings. The monoisotopic (exact) mass is 410 g/mol. The van der Waals surface area contributed by atoms with Crippen LogP contribution in [-0.4, -0.2) is 5.78 Å². The summed E-state index contributed by atoms with van der Waals surface area (Å²) >= 11 is 0. The fourth-order valence-electron chi connectivity index (χ4n) is 4.30. The Morgan fingerprint density at radius 2 is 1.77 bits per heavy atom. The Bertz CT molecular complexity index is 1050. The number of carbonyl (C=O) groups is 1. The summed E-state index contributed by atoms with van der Waals surface area (Å²) in [6, 6.07) is 16.6. The molecule has 1 nitrogen and oxygen atoms in total. The highest BCUT2D eigenvalue weighted by molar-refractivity contribution is 6.03. The van der Waals surface area contributed by atoms with E-state index in [1.165, 1.54) is 31.4 Å². The molecule has 0 amide bonds. The predicted molar refractivity (Wildman–Crippen MR) is 114 cm³/mol. The SMILES string of the molecule is C[C@H](CCC(=O)c1ccc2c(-c3ccc(C(F)(F)F)cc3)cccc2c1)C1CCC1. The molecule has 0 aliphatic heterocycles. The summed E-state index contributed by atoms with van der Waals surface area (Å²) in [5, 5.41) is 1.85. The molecule has 1 saturated carbocycles. The molecule has 0 unspecified atom stereocenters. The van der Waals surface area contributed by atoms with Crippen LogP contribution in [0.5, 0.6) is 0 Å². The summed E-state index contributed by atoms with van der Waals surface area (Å²) in [5.74, 6) is 1.53. The number of rotatable bonds is 6. The van der Waals surface area contributed by atoms with Gasteiger partial charge in [0.1, 0.15) is 0 Å². The molecule has 3 aromatic carbocycles. The molecule has 0 heterocycles. The van der Waals surface area contributed by atoms with Gasteiger partial charge < -0.3 is 0 Å². The first-order chi connectivity index (χ1) is 14.3. The Hall–Kier alpha value is -2.62. The molecule has 0 bridgehead atoms. The Labute approximate surface area is 174 Å². The zero-order valence-corrected chi connectivity index (χ0v) is 17.0. The molecule has 4 rings (SSSR count). The van der Waals surface area contributed by atoms with Gasteiger partial charge in [0.25, 0.3) is 0 Å². The molecular formula is C26H25F3O. The minimum absolute atomic E-state index is 0.156. The molecular weight excluding hydrogens is 385 g/mol. The van der Waals surface area contributed by atoms with Crippen molar-refractivity contribution in [2.75, 3.05) is 0 Å². The molecule has 1 aliphatic carbocycles. The van der Waals surface area contributed by atoms with E-state index in [-0.39, 0.29) is 5.78 Å². The van der Waals surface area contributed by atoms with Crippen molar-refractivity contribution in [3.8, 4) is 11.1 Å². The number of Topliss-reactive ketones (excluding diaryl/α,β-unsaturated/α-hetero) is 1. The maximum absolute atomic E-state index is 12.8. The number of hydrogen-bond acceptors (Lipinski definition) is 1. The van der Waals surface area contributed by atoms with Gasteiger partial charge in [-0.05, 0) is 58.4 Å². The van der Waals surface area contributed by atoms with Gasteiger partial charge in [-0.2, -0.15) is 13.2 Å². The highest BCUT2D eigenvalue weighted by Crippen LogP contribution is 2.36. The molecule has 0 N–H and O–H groups in total. The zero-order valence-electron chi connectivity index (χ0n) is 17.0. The van der Waals surface area contributed by atoms with E-state index in [4.69, 9.17) is 0 Å². The summed E-state index contributed by atoms with van der Waals surface area (Å²) in [5.41, 5.74) is 1.63. The Kier molecular flexibility index (Phi) is 5.68. The van der Waals surface area contributed by atoms with E-state index in [1.54, 1.807) is 0 Å². The minimum atomic E-state index is -4.34. The van der Waals surface area contributed by atoms with Gasteiger partial charge in [-0.25, -0.2) is 0 Å². The van der Waals surface area contributed by atoms with E-state index in [9.17, 15) is 18.0 Å². The van der Waals surface area contributed by atoms with Crippen molar-refractivity contribution < 1.29 is 18.0 Å². The van der Waals surface area contributed by atoms with Crippen LogP contribution in [0.4, 0.5) is 13.2 Å². The number of benzene rings is 3. The maximum Gasteiger partial charge on any atom is 0.416 e. The smallest absolute Gasteiger partial charge is 0.294 e. The number of halogens is 3. The van der Waals surface area contributed by atoms with Crippen LogP contribution in [0.1, 0.15) is 54.9 Å². The third-order valence-corrected chi connectivity index (χ3v) is 6.51. The first-order valence-corrected chi connectivity index (χ1v) is 10.6. The summed E-state index contributed by atoms with van der Waals surface area (Å²) in [6.07, 6.45) is 1.03. The standard InChI is InChI=1S/C26H25F3O/c1-17(18-4-2-5-18)8-15-25(30)21-11-14-24-20(16-21)6-3-7-23(24)19-9-12-22(13-10-19)26(27,28)29/h3,6-7,9-14,16-18H,2,4-5,8,15H2,1H3/t17-/m1/s1. The number of fused-ring (bicyclic) bond motifs is 1. The van der Waals surface area contributed by atoms with Crippen molar-refractivity contribution >= 4 is 16.6 Å². The van der Waals surface area contributed by atoms with Gasteiger partial charge in [0.05, 0.1) is 5.56 Å². The van der Waals surface area contributed by atoms with Crippen LogP contribution in [-0.2, 0) is 6.18 Å². The molecule has 156 valence electrons. The van der Waals surface area contributed by atoms with E-state index < -0.39 is 11.7 Å². The van der Waals surface area contributed by atoms with E-state index in [2.05, 4.69) is 6.92 Å². The van der Waals surface area contributed by atoms with E-state index in [0.29, 0.717) is 17.9 Å². The Morgan fingerprint density at radius 1 is 1.03 bits per heavy atom. The lowest BCUT2D eigenvalue weighted by Gasteiger charge is -2.31. The molecule has 4 heteroatoms. The molecule has 30 heavy (non-hydrogen) atoms. The zero-order chi connectivity index (χ0) is 21.3. The molecule has 0 aromatic heterocycles. The average molecular weight is 410 g/mol. The van der Waals surface area contributed by atoms with Crippen molar-refractivity contribution in [1.29, 1.82) is 0 Å². The molecule has 1 aliphatic rings. The first kappa shape index (κ1) is 20.6. The van der Waals surface area contributed by atoms with E-state index >= 15 is 0 Å². The first-order valence-electron chi connectivity index (χ1n) is 10.6. The lowest BCUT2D eigenvalue weighted by Crippen LogP contribution is -2.20. The van der Waals surface area contributed by atoms with Gasteiger partial charge in [-0.3, -0.25) is 4.79 Å². The Morgan fingerprint density at radius 3 is 2.40 bits per heavy atom. The Balaban J connectivity index is 1.55. The third-order valence-electron chi connectivity index (χ3n) is 6.51. The normalized spacial score (nSPS) is 15.7. The second kappa shape index (κ2) is 8.25. The van der Waals surface area contributed by atoms with Crippen LogP contribution in [0.3, 0.4) is 0 Å². The highest BCUT2D eigenvalue weighted by Gasteiger charge is 2.30. The highest BCUT2D eigenvalue weighted by atomic mass is 19.4. The second-order valence-corrected chi connectivity index (χ2v) is 8.45. The fraction of sp³-hybridized carbons (Fsp3) is 0.346. The summed E-state index contributed by atoms with van der Waals surface area (Å²) in [4.78, 5) is 12.7. The van der Waals surface area contributed by atoms with E-state index in [0.717, 1.165) is 46.4 Å². The minimum Gasteiger partial charge on any atom is -0.294 e. The summed E-state index contributed by atoms with van der Waals surface area (Å²) < 4.78 is 38.5. The van der Waals surface area contributed by atoms with Gasteiger partial charge in [0.15, 0.2) is 5.78 Å². The molecule has 3 aromatic rings. The van der Waals surface area contributed by atoms with Crippen molar-refractivity contribution in [3.63, 3.8) is 0 Å². The number of hydrogen-bond donors (Lipinski definition) is 0. The number of alkyl halides is 3. The fourth-order valence-corrected chi connectivity index (χ4v) is 4.30. The van der Waals surface area contributed by atoms with Crippen LogP contribution < -0.4 is 0 Å². The maximum atomic E-state index is 12.8. The number of ketones is 1. The summed E-state index contributed by atoms with van der Waals surface area (Å²) in [6.45, 7) is 2.24. The molecule has 1 atom stereocenters. The molecule has 0 radical (unpaired) electrons. The van der Waals surface area contributed by atoms with Crippen LogP contribution in [0.25, 0.3) is 21.9 Å². The van der Waals surface area contributed by atoms with Gasteiger partial charge in [0.2, 0.25) is 0 Å². The topological polar surface area (TPSA) is 17.1 Å². The van der Waals surface area contributed by atoms with Gasteiger partial charge >= 0.3 is 6.18 Å². The molecule has 0 spiro atoms. The largest absolute Gasteiger partial charge is 0.416 e. The average Bonchev–Trinajstić information content (AvgIpc) is 2.69. The van der Waals surface area contributed by atoms with Crippen LogP contribution >= 0.6 is 0 Å². The van der Waals surface area contributed by atoms with Gasteiger partial charge in [-0.1, -0.05) is 68.7 Å². The van der Waals surface area contributed by atoms with Crippen LogP contribution in [0, 0.1) is 11.8 Å². The summed E-state index contributed by atoms with van der Waals surface area (Å²) in [7, 11) is 0. The molecule has 0 saturated heterocycles. The van der Waals surface area contributed by atoms with Crippen molar-refractivity contribution in [2.45, 2.75) is 45.2 Å². The third kappa shape index (κ3) is 4.28. The van der Waals surface area contributed by atoms with Gasteiger partial charge in [0, 0.05) is 12.0 Å². The van der Waals surface area contributed by atoms with E-state index in [1.807, 2.05) is 36.4 Å². The van der Waals surface area contributed by atoms with Gasteiger partial charge in [-0.15, -0.1) is 0 Å². The lowest BCUT2D eigenvalue weighted by atomic mass is 9.75. The second-order valence-electron chi connectivity index (χ2n) is 8.45. The van der Waals surface area contributed by atoms with Crippen LogP contribution in [0.15, 0.2) is 60.7 Å². The quantitative estimate of drug-likeness (QED) is 0.377. The number of carbonyl (C=O) groups excluding carboxylic acids is 1. The predicted octanol–water partition coefficient (Wildman–Crippen LogP) is 7.92. The van der Waals surface area contributed by atoms with Crippen molar-refractivity contribution in [1.82, 2.24) is 0 Å².